The normalized spacial score (nSPS) is 10.4. The van der Waals surface area contributed by atoms with Crippen LogP contribution in [0.1, 0.15) is 14.5 Å². The first-order valence-corrected chi connectivity index (χ1v) is 7.64. The summed E-state index contributed by atoms with van der Waals surface area (Å²) in [5.41, 5.74) is 0. The number of esters is 1. The molecule has 2 nitrogen and oxygen atoms in total. The number of thiophene rings is 2. The fourth-order valence-corrected chi connectivity index (χ4v) is 4.36. The fourth-order valence-electron chi connectivity index (χ4n) is 1.24. The molecule has 2 aromatic heterocycles. The van der Waals surface area contributed by atoms with Gasteiger partial charge < -0.3 is 4.74 Å². The van der Waals surface area contributed by atoms with Gasteiger partial charge in [0.25, 0.3) is 0 Å². The molecular formula is C11H12ClO2PS2. The van der Waals surface area contributed by atoms with Gasteiger partial charge in [-0.1, -0.05) is 14.6 Å². The maximum absolute atomic E-state index is 11.3. The molecule has 0 fully saturated rings. The summed E-state index contributed by atoms with van der Waals surface area (Å²) in [7, 11) is 2.20. The maximum Gasteiger partial charge on any atom is 0.348 e. The lowest BCUT2D eigenvalue weighted by molar-refractivity contribution is 0.0606. The molecule has 2 heterocycles. The van der Waals surface area contributed by atoms with Crippen LogP contribution >= 0.6 is 43.7 Å². The topological polar surface area (TPSA) is 26.3 Å². The van der Waals surface area contributed by atoms with Gasteiger partial charge in [0.1, 0.15) is 4.88 Å². The highest BCUT2D eigenvalue weighted by Gasteiger charge is 2.08. The van der Waals surface area contributed by atoms with Gasteiger partial charge in [-0.25, -0.2) is 4.79 Å². The van der Waals surface area contributed by atoms with Crippen LogP contribution < -0.4 is 4.62 Å². The van der Waals surface area contributed by atoms with Crippen LogP contribution in [0, 0.1) is 0 Å². The maximum atomic E-state index is 11.3. The van der Waals surface area contributed by atoms with Crippen molar-refractivity contribution in [3.8, 4) is 0 Å². The predicted octanol–water partition coefficient (Wildman–Crippen LogP) is 3.52. The minimum Gasteiger partial charge on any atom is -0.465 e. The summed E-state index contributed by atoms with van der Waals surface area (Å²) in [5, 5.41) is 2.09. The highest BCUT2D eigenvalue weighted by Crippen LogP contribution is 2.26. The van der Waals surface area contributed by atoms with Crippen LogP contribution in [0.4, 0.5) is 0 Å². The molecule has 2 aromatic rings. The van der Waals surface area contributed by atoms with Gasteiger partial charge in [-0.2, -0.15) is 0 Å². The average Bonchev–Trinajstić information content (AvgIpc) is 2.96. The van der Waals surface area contributed by atoms with Crippen molar-refractivity contribution in [1.82, 2.24) is 0 Å². The number of rotatable bonds is 4. The Morgan fingerprint density at radius 3 is 2.88 bits per heavy atom. The van der Waals surface area contributed by atoms with E-state index in [0.717, 1.165) is 14.7 Å². The number of ether oxygens (including phenoxy) is 1. The number of carbonyl (C=O) groups is 1. The third-order valence-electron chi connectivity index (χ3n) is 2.01. The molecule has 0 radical (unpaired) electrons. The van der Waals surface area contributed by atoms with Crippen LogP contribution in [0.5, 0.6) is 0 Å². The Bertz CT molecular complexity index is 468. The molecule has 0 N–H and O–H groups in total. The molecule has 1 unspecified atom stereocenters. The van der Waals surface area contributed by atoms with Gasteiger partial charge in [-0.15, -0.1) is 35.1 Å². The minimum absolute atomic E-state index is 0. The molecule has 1 atom stereocenters. The molecule has 0 aliphatic heterocycles. The zero-order valence-electron chi connectivity index (χ0n) is 9.14. The number of hydrogen-bond donors (Lipinski definition) is 0. The molecule has 0 spiro atoms. The van der Waals surface area contributed by atoms with E-state index in [4.69, 9.17) is 0 Å². The summed E-state index contributed by atoms with van der Waals surface area (Å²) in [4.78, 5) is 13.2. The summed E-state index contributed by atoms with van der Waals surface area (Å²) in [6.07, 6.45) is 1.02. The molecule has 92 valence electrons. The van der Waals surface area contributed by atoms with E-state index in [1.54, 1.807) is 11.3 Å². The molecular weight excluding hydrogens is 295 g/mol. The molecule has 6 heteroatoms. The van der Waals surface area contributed by atoms with Crippen molar-refractivity contribution in [1.29, 1.82) is 0 Å². The van der Waals surface area contributed by atoms with Gasteiger partial charge in [-0.05, 0) is 23.6 Å². The monoisotopic (exact) mass is 306 g/mol. The molecule has 0 saturated carbocycles. The van der Waals surface area contributed by atoms with Crippen molar-refractivity contribution in [2.75, 3.05) is 7.11 Å². The zero-order valence-corrected chi connectivity index (χ0v) is 12.6. The summed E-state index contributed by atoms with van der Waals surface area (Å²) >= 11 is 3.31. The van der Waals surface area contributed by atoms with Gasteiger partial charge in [0.05, 0.1) is 7.11 Å². The Kier molecular flexibility index (Phi) is 6.14. The Morgan fingerprint density at radius 2 is 2.24 bits per heavy atom. The van der Waals surface area contributed by atoms with E-state index in [9.17, 15) is 4.79 Å². The number of methoxy groups -OCH3 is 1. The molecule has 0 aliphatic carbocycles. The molecule has 0 aromatic carbocycles. The fraction of sp³-hybridized carbons (Fsp3) is 0.182. The third kappa shape index (κ3) is 4.07. The predicted molar refractivity (Wildman–Crippen MR) is 78.9 cm³/mol. The number of carbonyl (C=O) groups excluding carboxylic acids is 1. The van der Waals surface area contributed by atoms with Gasteiger partial charge in [-0.3, -0.25) is 0 Å². The number of halogens is 1. The second kappa shape index (κ2) is 7.12. The minimum atomic E-state index is -0.240. The summed E-state index contributed by atoms with van der Waals surface area (Å²) in [5.74, 6) is -0.240. The molecule has 0 bridgehead atoms. The highest BCUT2D eigenvalue weighted by molar-refractivity contribution is 7.56. The van der Waals surface area contributed by atoms with Gasteiger partial charge in [0.2, 0.25) is 0 Å². The number of hydrogen-bond acceptors (Lipinski definition) is 4. The van der Waals surface area contributed by atoms with Crippen LogP contribution in [-0.4, -0.2) is 13.1 Å². The molecule has 0 amide bonds. The van der Waals surface area contributed by atoms with Crippen LogP contribution in [0.15, 0.2) is 29.6 Å². The van der Waals surface area contributed by atoms with E-state index >= 15 is 0 Å². The van der Waals surface area contributed by atoms with E-state index in [2.05, 4.69) is 22.2 Å². The standard InChI is InChI=1S/C11H11O2PS2.ClH/c1-13-11(12)9-5-4-8(16-9)7-14-10-3-2-6-15-10;/h2-6,14H,7H2,1H3;1H. The Hall–Kier alpha value is -0.410. The summed E-state index contributed by atoms with van der Waals surface area (Å²) in [6, 6.07) is 8.07. The van der Waals surface area contributed by atoms with Crippen molar-refractivity contribution in [3.63, 3.8) is 0 Å². The lowest BCUT2D eigenvalue weighted by Gasteiger charge is -1.95. The lowest BCUT2D eigenvalue weighted by atomic mass is 10.4. The Morgan fingerprint density at radius 1 is 1.41 bits per heavy atom. The average molecular weight is 307 g/mol. The SMILES string of the molecule is COC(=O)c1ccc(CPc2cccs2)s1.Cl. The quantitative estimate of drug-likeness (QED) is 0.638. The van der Waals surface area contributed by atoms with Crippen molar-refractivity contribution >= 4 is 54.2 Å². The molecule has 17 heavy (non-hydrogen) atoms. The van der Waals surface area contributed by atoms with Gasteiger partial charge in [0, 0.05) is 15.7 Å². The summed E-state index contributed by atoms with van der Waals surface area (Å²) < 4.78 is 6.09. The van der Waals surface area contributed by atoms with Gasteiger partial charge in [0.15, 0.2) is 0 Å². The molecule has 2 rings (SSSR count). The molecule has 0 aliphatic rings. The zero-order chi connectivity index (χ0) is 11.4. The Balaban J connectivity index is 0.00000144. The van der Waals surface area contributed by atoms with E-state index in [0.29, 0.717) is 4.88 Å². The van der Waals surface area contributed by atoms with E-state index in [1.807, 2.05) is 12.1 Å². The van der Waals surface area contributed by atoms with Crippen LogP contribution in [-0.2, 0) is 10.9 Å². The second-order valence-electron chi connectivity index (χ2n) is 3.09. The highest BCUT2D eigenvalue weighted by atomic mass is 35.5. The summed E-state index contributed by atoms with van der Waals surface area (Å²) in [6.45, 7) is 0. The van der Waals surface area contributed by atoms with Crippen LogP contribution in [0.3, 0.4) is 0 Å². The largest absolute Gasteiger partial charge is 0.465 e. The first-order chi connectivity index (χ1) is 7.79. The van der Waals surface area contributed by atoms with Crippen LogP contribution in [0.2, 0.25) is 0 Å². The smallest absolute Gasteiger partial charge is 0.348 e. The first-order valence-electron chi connectivity index (χ1n) is 4.74. The van der Waals surface area contributed by atoms with Crippen molar-refractivity contribution in [2.45, 2.75) is 6.16 Å². The van der Waals surface area contributed by atoms with Gasteiger partial charge >= 0.3 is 5.97 Å². The van der Waals surface area contributed by atoms with Crippen molar-refractivity contribution in [2.24, 2.45) is 0 Å². The van der Waals surface area contributed by atoms with E-state index < -0.39 is 0 Å². The second-order valence-corrected chi connectivity index (χ2v) is 6.81. The Labute approximate surface area is 116 Å². The molecule has 0 saturated heterocycles. The van der Waals surface area contributed by atoms with Crippen molar-refractivity contribution in [3.05, 3.63) is 39.4 Å². The van der Waals surface area contributed by atoms with Crippen molar-refractivity contribution < 1.29 is 9.53 Å². The van der Waals surface area contributed by atoms with E-state index in [-0.39, 0.29) is 18.4 Å². The van der Waals surface area contributed by atoms with E-state index in [1.165, 1.54) is 27.9 Å². The lowest BCUT2D eigenvalue weighted by Crippen LogP contribution is -1.96. The first kappa shape index (κ1) is 14.7. The third-order valence-corrected chi connectivity index (χ3v) is 5.87. The van der Waals surface area contributed by atoms with Crippen LogP contribution in [0.25, 0.3) is 0 Å².